The molecule has 0 saturated heterocycles. The second-order valence-corrected chi connectivity index (χ2v) is 6.12. The molecule has 0 bridgehead atoms. The van der Waals surface area contributed by atoms with Gasteiger partial charge in [0.15, 0.2) is 5.88 Å². The highest BCUT2D eigenvalue weighted by Gasteiger charge is 2.10. The molecule has 1 heterocycles. The summed E-state index contributed by atoms with van der Waals surface area (Å²) < 4.78 is 2.99. The van der Waals surface area contributed by atoms with E-state index in [9.17, 15) is 5.11 Å². The van der Waals surface area contributed by atoms with Crippen molar-refractivity contribution in [1.29, 1.82) is 0 Å². The molecule has 3 aromatic rings. The van der Waals surface area contributed by atoms with Crippen LogP contribution >= 0.6 is 22.6 Å². The van der Waals surface area contributed by atoms with E-state index in [-0.39, 0.29) is 0 Å². The monoisotopic (exact) mass is 377 g/mol. The minimum atomic E-state index is 0.351. The Bertz CT molecular complexity index is 744. The fourth-order valence-electron chi connectivity index (χ4n) is 2.45. The van der Waals surface area contributed by atoms with Gasteiger partial charge in [0.1, 0.15) is 0 Å². The number of nitrogens with zero attached hydrogens (tertiary/aromatic N) is 1. The molecular formula is C17H16INO. The Hall–Kier alpha value is -1.49. The Kier molecular flexibility index (Phi) is 3.70. The van der Waals surface area contributed by atoms with Gasteiger partial charge in [-0.1, -0.05) is 43.3 Å². The van der Waals surface area contributed by atoms with E-state index in [1.807, 2.05) is 29.0 Å². The van der Waals surface area contributed by atoms with Crippen molar-refractivity contribution >= 4 is 33.4 Å². The van der Waals surface area contributed by atoms with E-state index in [1.54, 1.807) is 0 Å². The van der Waals surface area contributed by atoms with Gasteiger partial charge in [-0.15, -0.1) is 0 Å². The molecule has 0 fully saturated rings. The predicted octanol–water partition coefficient (Wildman–Crippen LogP) is 4.56. The number of hydrogen-bond acceptors (Lipinski definition) is 1. The van der Waals surface area contributed by atoms with Crippen LogP contribution in [-0.4, -0.2) is 9.67 Å². The predicted molar refractivity (Wildman–Crippen MR) is 91.2 cm³/mol. The third-order valence-corrected chi connectivity index (χ3v) is 4.52. The molecule has 0 saturated carbocycles. The summed E-state index contributed by atoms with van der Waals surface area (Å²) in [5.41, 5.74) is 2.54. The van der Waals surface area contributed by atoms with Crippen LogP contribution < -0.4 is 0 Å². The SMILES string of the molecule is CCc1ccc(Cn2cc3cccc(I)c3c2O)cc1. The van der Waals surface area contributed by atoms with E-state index in [1.165, 1.54) is 11.1 Å². The first-order valence-corrected chi connectivity index (χ1v) is 7.81. The lowest BCUT2D eigenvalue weighted by Gasteiger charge is -2.06. The van der Waals surface area contributed by atoms with E-state index >= 15 is 0 Å². The molecule has 0 unspecified atom stereocenters. The van der Waals surface area contributed by atoms with Crippen molar-refractivity contribution in [2.24, 2.45) is 0 Å². The number of rotatable bonds is 3. The van der Waals surface area contributed by atoms with Gasteiger partial charge in [0.25, 0.3) is 0 Å². The van der Waals surface area contributed by atoms with Crippen LogP contribution in [0.5, 0.6) is 5.88 Å². The Morgan fingerprint density at radius 2 is 1.75 bits per heavy atom. The third kappa shape index (κ3) is 2.42. The molecule has 2 aromatic carbocycles. The zero-order valence-corrected chi connectivity index (χ0v) is 13.5. The topological polar surface area (TPSA) is 25.2 Å². The van der Waals surface area contributed by atoms with Crippen LogP contribution in [0.3, 0.4) is 0 Å². The summed E-state index contributed by atoms with van der Waals surface area (Å²) in [6, 6.07) is 14.6. The van der Waals surface area contributed by atoms with Crippen LogP contribution in [0.25, 0.3) is 10.8 Å². The van der Waals surface area contributed by atoms with Crippen molar-refractivity contribution in [3.8, 4) is 5.88 Å². The van der Waals surface area contributed by atoms with Gasteiger partial charge in [0.05, 0.1) is 11.9 Å². The summed E-state index contributed by atoms with van der Waals surface area (Å²) in [5.74, 6) is 0.351. The Morgan fingerprint density at radius 3 is 2.40 bits per heavy atom. The Morgan fingerprint density at radius 1 is 1.05 bits per heavy atom. The van der Waals surface area contributed by atoms with Gasteiger partial charge in [-0.2, -0.15) is 0 Å². The number of aromatic nitrogens is 1. The van der Waals surface area contributed by atoms with Crippen LogP contribution in [0.4, 0.5) is 0 Å². The van der Waals surface area contributed by atoms with E-state index < -0.39 is 0 Å². The van der Waals surface area contributed by atoms with Crippen LogP contribution in [0.1, 0.15) is 18.1 Å². The molecule has 0 atom stereocenters. The summed E-state index contributed by atoms with van der Waals surface area (Å²) in [5, 5.41) is 12.4. The zero-order chi connectivity index (χ0) is 14.1. The number of aryl methyl sites for hydroxylation is 1. The van der Waals surface area contributed by atoms with Gasteiger partial charge in [-0.25, -0.2) is 0 Å². The first-order chi connectivity index (χ1) is 9.69. The zero-order valence-electron chi connectivity index (χ0n) is 11.3. The lowest BCUT2D eigenvalue weighted by molar-refractivity contribution is 0.430. The van der Waals surface area contributed by atoms with Gasteiger partial charge in [0.2, 0.25) is 0 Å². The van der Waals surface area contributed by atoms with Crippen molar-refractivity contribution in [1.82, 2.24) is 4.57 Å². The fraction of sp³-hybridized carbons (Fsp3) is 0.176. The molecule has 2 nitrogen and oxygen atoms in total. The first-order valence-electron chi connectivity index (χ1n) is 6.73. The van der Waals surface area contributed by atoms with Crippen molar-refractivity contribution in [3.63, 3.8) is 0 Å². The molecule has 0 amide bonds. The third-order valence-electron chi connectivity index (χ3n) is 3.62. The standard InChI is InChI=1S/C17H16INO/c1-2-12-6-8-13(9-7-12)10-19-11-14-4-3-5-15(18)16(14)17(19)20/h3-9,11,20H,2,10H2,1H3. The first kappa shape index (κ1) is 13.5. The van der Waals surface area contributed by atoms with Crippen molar-refractivity contribution < 1.29 is 5.11 Å². The van der Waals surface area contributed by atoms with Gasteiger partial charge >= 0.3 is 0 Å². The molecule has 102 valence electrons. The van der Waals surface area contributed by atoms with Crippen LogP contribution in [0.15, 0.2) is 48.7 Å². The minimum Gasteiger partial charge on any atom is -0.494 e. The van der Waals surface area contributed by atoms with E-state index in [0.29, 0.717) is 12.4 Å². The lowest BCUT2D eigenvalue weighted by atomic mass is 10.1. The second kappa shape index (κ2) is 5.48. The average molecular weight is 377 g/mol. The molecule has 0 spiro atoms. The molecule has 1 aromatic heterocycles. The average Bonchev–Trinajstić information content (AvgIpc) is 2.78. The number of aromatic hydroxyl groups is 1. The molecule has 0 aliphatic carbocycles. The maximum Gasteiger partial charge on any atom is 0.200 e. The van der Waals surface area contributed by atoms with E-state index in [0.717, 1.165) is 20.8 Å². The highest BCUT2D eigenvalue weighted by molar-refractivity contribution is 14.1. The van der Waals surface area contributed by atoms with E-state index in [4.69, 9.17) is 0 Å². The minimum absolute atomic E-state index is 0.351. The molecule has 20 heavy (non-hydrogen) atoms. The van der Waals surface area contributed by atoms with E-state index in [2.05, 4.69) is 53.8 Å². The summed E-state index contributed by atoms with van der Waals surface area (Å²) in [6.45, 7) is 2.85. The molecule has 0 aliphatic rings. The highest BCUT2D eigenvalue weighted by Crippen LogP contribution is 2.31. The van der Waals surface area contributed by atoms with Crippen molar-refractivity contribution in [3.05, 3.63) is 63.4 Å². The number of fused-ring (bicyclic) bond motifs is 1. The Labute approximate surface area is 132 Å². The fourth-order valence-corrected chi connectivity index (χ4v) is 3.21. The van der Waals surface area contributed by atoms with Gasteiger partial charge in [-0.3, -0.25) is 0 Å². The molecule has 0 aliphatic heterocycles. The second-order valence-electron chi connectivity index (χ2n) is 4.95. The summed E-state index contributed by atoms with van der Waals surface area (Å²) >= 11 is 2.26. The number of halogens is 1. The molecule has 3 heteroatoms. The summed E-state index contributed by atoms with van der Waals surface area (Å²) in [4.78, 5) is 0. The van der Waals surface area contributed by atoms with Gasteiger partial charge < -0.3 is 9.67 Å². The van der Waals surface area contributed by atoms with Crippen molar-refractivity contribution in [2.75, 3.05) is 0 Å². The quantitative estimate of drug-likeness (QED) is 0.665. The van der Waals surface area contributed by atoms with Gasteiger partial charge in [-0.05, 0) is 46.2 Å². The van der Waals surface area contributed by atoms with Gasteiger partial charge in [0, 0.05) is 15.2 Å². The maximum absolute atomic E-state index is 10.4. The highest BCUT2D eigenvalue weighted by atomic mass is 127. The Balaban J connectivity index is 1.98. The maximum atomic E-state index is 10.4. The lowest BCUT2D eigenvalue weighted by Crippen LogP contribution is -1.97. The summed E-state index contributed by atoms with van der Waals surface area (Å²) in [7, 11) is 0. The molecular weight excluding hydrogens is 361 g/mol. The summed E-state index contributed by atoms with van der Waals surface area (Å²) in [6.07, 6.45) is 3.07. The van der Waals surface area contributed by atoms with Crippen LogP contribution in [0, 0.1) is 3.57 Å². The van der Waals surface area contributed by atoms with Crippen LogP contribution in [-0.2, 0) is 13.0 Å². The smallest absolute Gasteiger partial charge is 0.200 e. The molecule has 1 N–H and O–H groups in total. The molecule has 0 radical (unpaired) electrons. The normalized spacial score (nSPS) is 11.1. The van der Waals surface area contributed by atoms with Crippen molar-refractivity contribution in [2.45, 2.75) is 19.9 Å². The number of hydrogen-bond donors (Lipinski definition) is 1. The van der Waals surface area contributed by atoms with Crippen LogP contribution in [0.2, 0.25) is 0 Å². The molecule has 3 rings (SSSR count). The number of benzene rings is 2. The largest absolute Gasteiger partial charge is 0.494 e.